The van der Waals surface area contributed by atoms with Crippen molar-refractivity contribution in [3.63, 3.8) is 0 Å². The van der Waals surface area contributed by atoms with Crippen LogP contribution in [0, 0.1) is 5.41 Å². The van der Waals surface area contributed by atoms with E-state index < -0.39 is 23.6 Å². The molecule has 0 unspecified atom stereocenters. The molecular weight excluding hydrogens is 271 g/mol. The number of alkyl halides is 3. The van der Waals surface area contributed by atoms with Gasteiger partial charge in [0.2, 0.25) is 0 Å². The van der Waals surface area contributed by atoms with E-state index in [9.17, 15) is 18.0 Å². The number of esters is 1. The average Bonchev–Trinajstić information content (AvgIpc) is 3.19. The molecule has 3 nitrogen and oxygen atoms in total. The average molecular weight is 287 g/mol. The Morgan fingerprint density at radius 2 is 1.95 bits per heavy atom. The van der Waals surface area contributed by atoms with Crippen molar-refractivity contribution in [3.05, 3.63) is 35.9 Å². The maximum Gasteiger partial charge on any atom is 0.396 e. The van der Waals surface area contributed by atoms with Gasteiger partial charge in [-0.25, -0.2) is 0 Å². The van der Waals surface area contributed by atoms with Gasteiger partial charge in [0.05, 0.1) is 5.41 Å². The second kappa shape index (κ2) is 5.44. The van der Waals surface area contributed by atoms with Crippen molar-refractivity contribution >= 4 is 5.97 Å². The van der Waals surface area contributed by atoms with E-state index >= 15 is 0 Å². The minimum absolute atomic E-state index is 0.0220. The van der Waals surface area contributed by atoms with E-state index in [-0.39, 0.29) is 19.4 Å². The van der Waals surface area contributed by atoms with E-state index in [1.807, 2.05) is 6.07 Å². The molecule has 0 radical (unpaired) electrons. The first-order valence-electron chi connectivity index (χ1n) is 6.35. The maximum atomic E-state index is 13.0. The van der Waals surface area contributed by atoms with Crippen LogP contribution in [0.1, 0.15) is 18.4 Å². The number of rotatable bonds is 5. The lowest BCUT2D eigenvalue weighted by molar-refractivity contribution is -0.202. The summed E-state index contributed by atoms with van der Waals surface area (Å²) in [4.78, 5) is 11.9. The number of benzene rings is 1. The highest BCUT2D eigenvalue weighted by molar-refractivity contribution is 5.77. The Bertz CT molecular complexity index is 469. The largest absolute Gasteiger partial charge is 0.460 e. The molecule has 0 aliphatic heterocycles. The molecule has 0 spiro atoms. The van der Waals surface area contributed by atoms with Crippen molar-refractivity contribution in [3.8, 4) is 0 Å². The molecule has 1 aliphatic carbocycles. The molecule has 1 saturated carbocycles. The van der Waals surface area contributed by atoms with Crippen LogP contribution < -0.4 is 5.32 Å². The SMILES string of the molecule is CN[C@H](C(=O)OCc1ccccc1)C1(C(F)(F)F)CC1. The number of nitrogens with one attached hydrogen (secondary N) is 1. The topological polar surface area (TPSA) is 38.3 Å². The van der Waals surface area contributed by atoms with Crippen LogP contribution in [0.4, 0.5) is 13.2 Å². The second-order valence-corrected chi connectivity index (χ2v) is 4.97. The number of carbonyl (C=O) groups excluding carboxylic acids is 1. The van der Waals surface area contributed by atoms with Gasteiger partial charge in [-0.2, -0.15) is 13.2 Å². The number of ether oxygens (including phenoxy) is 1. The van der Waals surface area contributed by atoms with Gasteiger partial charge in [0.25, 0.3) is 0 Å². The van der Waals surface area contributed by atoms with Gasteiger partial charge in [-0.1, -0.05) is 30.3 Å². The predicted molar refractivity (Wildman–Crippen MR) is 66.8 cm³/mol. The van der Waals surface area contributed by atoms with Crippen LogP contribution >= 0.6 is 0 Å². The Morgan fingerprint density at radius 3 is 2.40 bits per heavy atom. The molecule has 1 aromatic rings. The summed E-state index contributed by atoms with van der Waals surface area (Å²) in [5.74, 6) is -0.855. The maximum absolute atomic E-state index is 13.0. The first-order valence-corrected chi connectivity index (χ1v) is 6.35. The van der Waals surface area contributed by atoms with Crippen LogP contribution in [0.2, 0.25) is 0 Å². The zero-order chi connectivity index (χ0) is 14.8. The van der Waals surface area contributed by atoms with Crippen LogP contribution in [-0.2, 0) is 16.1 Å². The summed E-state index contributed by atoms with van der Waals surface area (Å²) < 4.78 is 44.0. The molecule has 1 N–H and O–H groups in total. The van der Waals surface area contributed by atoms with E-state index in [1.165, 1.54) is 7.05 Å². The van der Waals surface area contributed by atoms with Crippen LogP contribution in [0.3, 0.4) is 0 Å². The van der Waals surface area contributed by atoms with Gasteiger partial charge in [0.1, 0.15) is 12.6 Å². The molecule has 0 amide bonds. The molecule has 0 bridgehead atoms. The van der Waals surface area contributed by atoms with E-state index in [0.29, 0.717) is 0 Å². The van der Waals surface area contributed by atoms with Gasteiger partial charge in [0.15, 0.2) is 0 Å². The normalized spacial score (nSPS) is 18.4. The lowest BCUT2D eigenvalue weighted by Crippen LogP contribution is -2.49. The van der Waals surface area contributed by atoms with Gasteiger partial charge in [0, 0.05) is 0 Å². The van der Waals surface area contributed by atoms with E-state index in [4.69, 9.17) is 4.74 Å². The standard InChI is InChI=1S/C14H16F3NO2/c1-18-11(13(7-8-13)14(15,16)17)12(19)20-9-10-5-3-2-4-6-10/h2-6,11,18H,7-9H2,1H3/t11-/m1/s1. The first-order chi connectivity index (χ1) is 9.40. The lowest BCUT2D eigenvalue weighted by Gasteiger charge is -2.27. The fourth-order valence-electron chi connectivity index (χ4n) is 2.30. The van der Waals surface area contributed by atoms with Crippen LogP contribution in [-0.4, -0.2) is 25.2 Å². The summed E-state index contributed by atoms with van der Waals surface area (Å²) in [5, 5.41) is 2.45. The van der Waals surface area contributed by atoms with E-state index in [0.717, 1.165) is 5.56 Å². The molecule has 2 rings (SSSR count). The van der Waals surface area contributed by atoms with Gasteiger partial charge < -0.3 is 10.1 Å². The highest BCUT2D eigenvalue weighted by Crippen LogP contribution is 2.60. The second-order valence-electron chi connectivity index (χ2n) is 4.97. The number of carbonyl (C=O) groups is 1. The Morgan fingerprint density at radius 1 is 1.35 bits per heavy atom. The van der Waals surface area contributed by atoms with Crippen molar-refractivity contribution in [2.75, 3.05) is 7.05 Å². The molecule has 1 atom stereocenters. The van der Waals surface area contributed by atoms with Crippen molar-refractivity contribution in [2.45, 2.75) is 31.7 Å². The summed E-state index contributed by atoms with van der Waals surface area (Å²) in [6.45, 7) is -0.0220. The molecular formula is C14H16F3NO2. The zero-order valence-electron chi connectivity index (χ0n) is 11.0. The van der Waals surface area contributed by atoms with Crippen molar-refractivity contribution < 1.29 is 22.7 Å². The summed E-state index contributed by atoms with van der Waals surface area (Å²) in [5.41, 5.74) is -1.22. The van der Waals surface area contributed by atoms with Crippen molar-refractivity contribution in [1.82, 2.24) is 5.32 Å². The molecule has 20 heavy (non-hydrogen) atoms. The molecule has 110 valence electrons. The highest BCUT2D eigenvalue weighted by Gasteiger charge is 2.69. The Labute approximate surface area is 115 Å². The Hall–Kier alpha value is -1.56. The molecule has 0 saturated heterocycles. The summed E-state index contributed by atoms with van der Waals surface area (Å²) in [7, 11) is 1.35. The minimum Gasteiger partial charge on any atom is -0.460 e. The smallest absolute Gasteiger partial charge is 0.396 e. The first kappa shape index (κ1) is 14.8. The third-order valence-electron chi connectivity index (χ3n) is 3.65. The van der Waals surface area contributed by atoms with E-state index in [1.54, 1.807) is 24.3 Å². The summed E-state index contributed by atoms with van der Waals surface area (Å²) >= 11 is 0. The number of halogens is 3. The minimum atomic E-state index is -4.40. The van der Waals surface area contributed by atoms with Gasteiger partial charge in [-0.3, -0.25) is 4.79 Å². The third-order valence-corrected chi connectivity index (χ3v) is 3.65. The highest BCUT2D eigenvalue weighted by atomic mass is 19.4. The summed E-state index contributed by atoms with van der Waals surface area (Å²) in [6, 6.07) is 7.51. The van der Waals surface area contributed by atoms with Gasteiger partial charge in [-0.15, -0.1) is 0 Å². The van der Waals surface area contributed by atoms with Gasteiger partial charge in [-0.05, 0) is 25.5 Å². The van der Waals surface area contributed by atoms with Crippen LogP contribution in [0.25, 0.3) is 0 Å². The number of hydrogen-bond donors (Lipinski definition) is 1. The summed E-state index contributed by atoms with van der Waals surface area (Å²) in [6.07, 6.45) is -4.47. The number of hydrogen-bond acceptors (Lipinski definition) is 3. The molecule has 0 aromatic heterocycles. The Balaban J connectivity index is 2.00. The molecule has 6 heteroatoms. The fourth-order valence-corrected chi connectivity index (χ4v) is 2.30. The zero-order valence-corrected chi connectivity index (χ0v) is 11.0. The molecule has 1 aromatic carbocycles. The van der Waals surface area contributed by atoms with Gasteiger partial charge >= 0.3 is 12.1 Å². The lowest BCUT2D eigenvalue weighted by atomic mass is 9.96. The molecule has 1 aliphatic rings. The van der Waals surface area contributed by atoms with Crippen molar-refractivity contribution in [2.24, 2.45) is 5.41 Å². The van der Waals surface area contributed by atoms with Crippen LogP contribution in [0.5, 0.6) is 0 Å². The molecule has 0 heterocycles. The molecule has 1 fully saturated rings. The van der Waals surface area contributed by atoms with E-state index in [2.05, 4.69) is 5.32 Å². The third kappa shape index (κ3) is 2.80. The van der Waals surface area contributed by atoms with Crippen molar-refractivity contribution in [1.29, 1.82) is 0 Å². The fraction of sp³-hybridized carbons (Fsp3) is 0.500. The predicted octanol–water partition coefficient (Wildman–Crippen LogP) is 2.66. The quantitative estimate of drug-likeness (QED) is 0.846. The monoisotopic (exact) mass is 287 g/mol. The number of likely N-dealkylation sites (N-methyl/N-ethyl adjacent to an activating group) is 1. The van der Waals surface area contributed by atoms with Crippen LogP contribution in [0.15, 0.2) is 30.3 Å². The Kier molecular flexibility index (Phi) is 4.04.